The zero-order valence-corrected chi connectivity index (χ0v) is 17.6. The number of piperidine rings is 1. The molecule has 2 atom stereocenters. The van der Waals surface area contributed by atoms with Crippen LogP contribution in [-0.4, -0.2) is 55.8 Å². The zero-order valence-electron chi connectivity index (χ0n) is 17.6. The minimum atomic E-state index is -2.67. The fraction of sp³-hybridized carbons (Fsp3) is 0.476. The van der Waals surface area contributed by atoms with E-state index in [1.54, 1.807) is 11.0 Å². The quantitative estimate of drug-likeness (QED) is 0.693. The van der Waals surface area contributed by atoms with Gasteiger partial charge in [-0.1, -0.05) is 13.5 Å². The average Bonchev–Trinajstić information content (AvgIpc) is 3.14. The van der Waals surface area contributed by atoms with Crippen LogP contribution in [0.2, 0.25) is 0 Å². The molecule has 30 heavy (non-hydrogen) atoms. The van der Waals surface area contributed by atoms with Gasteiger partial charge in [0.1, 0.15) is 12.0 Å². The summed E-state index contributed by atoms with van der Waals surface area (Å²) < 4.78 is 27.1. The van der Waals surface area contributed by atoms with Gasteiger partial charge in [0.15, 0.2) is 0 Å². The van der Waals surface area contributed by atoms with E-state index in [0.717, 1.165) is 17.7 Å². The highest BCUT2D eigenvalue weighted by atomic mass is 19.3. The van der Waals surface area contributed by atoms with Crippen molar-refractivity contribution in [2.24, 2.45) is 16.8 Å². The molecule has 2 aromatic rings. The van der Waals surface area contributed by atoms with Gasteiger partial charge < -0.3 is 4.90 Å². The largest absolute Gasteiger partial charge is 0.337 e. The molecule has 9 heteroatoms. The SMILES string of the molecule is C=C([C@@H]1CN(C(=O)c2cc(C)cc(C)n2)CC[C@H]1C)n1ncnc1N=C(C)C(F)F. The molecule has 0 bridgehead atoms. The lowest BCUT2D eigenvalue weighted by Crippen LogP contribution is -2.44. The first-order valence-corrected chi connectivity index (χ1v) is 9.84. The Morgan fingerprint density at radius 3 is 2.73 bits per heavy atom. The van der Waals surface area contributed by atoms with Crippen molar-refractivity contribution < 1.29 is 13.6 Å². The Hall–Kier alpha value is -2.97. The summed E-state index contributed by atoms with van der Waals surface area (Å²) in [7, 11) is 0. The molecule has 160 valence electrons. The molecular weight excluding hydrogens is 390 g/mol. The van der Waals surface area contributed by atoms with Gasteiger partial charge in [0.25, 0.3) is 18.3 Å². The number of rotatable bonds is 5. The molecule has 1 saturated heterocycles. The monoisotopic (exact) mass is 416 g/mol. The fourth-order valence-corrected chi connectivity index (χ4v) is 3.68. The number of aryl methyl sites for hydroxylation is 2. The maximum Gasteiger partial charge on any atom is 0.276 e. The number of carbonyl (C=O) groups is 1. The maximum atomic E-state index is 13.0. The molecule has 1 aliphatic rings. The molecule has 0 unspecified atom stereocenters. The number of aliphatic imine (C=N–C) groups is 1. The van der Waals surface area contributed by atoms with E-state index in [0.29, 0.717) is 24.5 Å². The van der Waals surface area contributed by atoms with Gasteiger partial charge in [-0.3, -0.25) is 4.79 Å². The maximum absolute atomic E-state index is 13.0. The molecular formula is C21H26F2N6O. The van der Waals surface area contributed by atoms with E-state index in [9.17, 15) is 13.6 Å². The predicted molar refractivity (Wildman–Crippen MR) is 111 cm³/mol. The predicted octanol–water partition coefficient (Wildman–Crippen LogP) is 3.92. The van der Waals surface area contributed by atoms with Gasteiger partial charge in [-0.2, -0.15) is 10.1 Å². The highest BCUT2D eigenvalue weighted by Gasteiger charge is 2.33. The molecule has 1 fully saturated rings. The molecule has 7 nitrogen and oxygen atoms in total. The molecule has 0 saturated carbocycles. The number of aromatic nitrogens is 4. The lowest BCUT2D eigenvalue weighted by molar-refractivity contribution is 0.0647. The van der Waals surface area contributed by atoms with Crippen molar-refractivity contribution in [3.63, 3.8) is 0 Å². The standard InChI is InChI=1S/C21H26F2N6O/c1-12-8-14(3)26-18(9-12)20(30)28-7-6-13(2)17(10-28)16(5)29-21(24-11-25-29)27-15(4)19(22)23/h8-9,11,13,17,19H,5-7,10H2,1-4H3/t13-,17-/m1/s1. The first-order valence-electron chi connectivity index (χ1n) is 9.84. The summed E-state index contributed by atoms with van der Waals surface area (Å²) in [5, 5.41) is 4.13. The van der Waals surface area contributed by atoms with Crippen molar-refractivity contribution >= 4 is 23.3 Å². The van der Waals surface area contributed by atoms with Crippen molar-refractivity contribution in [1.29, 1.82) is 0 Å². The van der Waals surface area contributed by atoms with Gasteiger partial charge in [0, 0.05) is 30.4 Å². The Kier molecular flexibility index (Phi) is 6.38. The van der Waals surface area contributed by atoms with E-state index in [2.05, 4.69) is 33.6 Å². The van der Waals surface area contributed by atoms with Crippen LogP contribution in [0.15, 0.2) is 30.0 Å². The highest BCUT2D eigenvalue weighted by Crippen LogP contribution is 2.32. The lowest BCUT2D eigenvalue weighted by atomic mass is 9.85. The Morgan fingerprint density at radius 1 is 1.33 bits per heavy atom. The van der Waals surface area contributed by atoms with E-state index in [1.165, 1.54) is 17.9 Å². The highest BCUT2D eigenvalue weighted by molar-refractivity contribution is 5.92. The number of hydrogen-bond donors (Lipinski definition) is 0. The molecule has 3 rings (SSSR count). The Balaban J connectivity index is 1.83. The van der Waals surface area contributed by atoms with Gasteiger partial charge in [-0.15, -0.1) is 0 Å². The summed E-state index contributed by atoms with van der Waals surface area (Å²) in [6.07, 6.45) is -0.627. The second kappa shape index (κ2) is 8.81. The number of likely N-dealkylation sites (tertiary alicyclic amines) is 1. The van der Waals surface area contributed by atoms with E-state index < -0.39 is 6.43 Å². The summed E-state index contributed by atoms with van der Waals surface area (Å²) >= 11 is 0. The third kappa shape index (κ3) is 4.60. The van der Waals surface area contributed by atoms with Crippen LogP contribution in [0.3, 0.4) is 0 Å². The van der Waals surface area contributed by atoms with Crippen molar-refractivity contribution in [1.82, 2.24) is 24.6 Å². The van der Waals surface area contributed by atoms with Crippen molar-refractivity contribution in [2.45, 2.75) is 40.5 Å². The number of alkyl halides is 2. The number of nitrogens with zero attached hydrogens (tertiary/aromatic N) is 6. The number of carbonyl (C=O) groups excluding carboxylic acids is 1. The van der Waals surface area contributed by atoms with Gasteiger partial charge >= 0.3 is 0 Å². The van der Waals surface area contributed by atoms with Crippen LogP contribution >= 0.6 is 0 Å². The van der Waals surface area contributed by atoms with Crippen LogP contribution in [-0.2, 0) is 0 Å². The number of amides is 1. The fourth-order valence-electron chi connectivity index (χ4n) is 3.68. The summed E-state index contributed by atoms with van der Waals surface area (Å²) in [5.41, 5.74) is 2.43. The smallest absolute Gasteiger partial charge is 0.276 e. The van der Waals surface area contributed by atoms with Crippen LogP contribution in [0.1, 0.15) is 42.0 Å². The normalized spacial score (nSPS) is 20.0. The van der Waals surface area contributed by atoms with Crippen LogP contribution in [0.25, 0.3) is 5.70 Å². The summed E-state index contributed by atoms with van der Waals surface area (Å²) in [4.78, 5) is 27.1. The Bertz CT molecular complexity index is 963. The summed E-state index contributed by atoms with van der Waals surface area (Å²) in [5.74, 6) is 0.0448. The molecule has 0 N–H and O–H groups in total. The second-order valence-corrected chi connectivity index (χ2v) is 7.81. The van der Waals surface area contributed by atoms with Crippen LogP contribution in [0.5, 0.6) is 0 Å². The zero-order chi connectivity index (χ0) is 22.0. The van der Waals surface area contributed by atoms with Crippen LogP contribution in [0, 0.1) is 25.7 Å². The minimum absolute atomic E-state index is 0.0597. The molecule has 3 heterocycles. The van der Waals surface area contributed by atoms with E-state index in [1.807, 2.05) is 19.9 Å². The number of hydrogen-bond acceptors (Lipinski definition) is 5. The topological polar surface area (TPSA) is 76.3 Å². The molecule has 0 aromatic carbocycles. The van der Waals surface area contributed by atoms with Gasteiger partial charge in [0.05, 0.1) is 5.71 Å². The molecule has 0 aliphatic carbocycles. The van der Waals surface area contributed by atoms with Crippen LogP contribution in [0.4, 0.5) is 14.7 Å². The molecule has 0 radical (unpaired) electrons. The molecule has 2 aromatic heterocycles. The van der Waals surface area contributed by atoms with Crippen molar-refractivity contribution in [2.75, 3.05) is 13.1 Å². The molecule has 0 spiro atoms. The number of pyridine rings is 1. The van der Waals surface area contributed by atoms with Gasteiger partial charge in [-0.05, 0) is 50.8 Å². The second-order valence-electron chi connectivity index (χ2n) is 7.81. The third-order valence-corrected chi connectivity index (χ3v) is 5.38. The minimum Gasteiger partial charge on any atom is -0.337 e. The molecule has 1 amide bonds. The summed E-state index contributed by atoms with van der Waals surface area (Å²) in [6, 6.07) is 3.71. The van der Waals surface area contributed by atoms with Gasteiger partial charge in [0.2, 0.25) is 0 Å². The van der Waals surface area contributed by atoms with Crippen molar-refractivity contribution in [3.8, 4) is 0 Å². The van der Waals surface area contributed by atoms with E-state index in [-0.39, 0.29) is 29.4 Å². The van der Waals surface area contributed by atoms with E-state index in [4.69, 9.17) is 0 Å². The van der Waals surface area contributed by atoms with E-state index >= 15 is 0 Å². The van der Waals surface area contributed by atoms with Crippen molar-refractivity contribution in [3.05, 3.63) is 42.0 Å². The average molecular weight is 416 g/mol. The first kappa shape index (κ1) is 21.7. The lowest BCUT2D eigenvalue weighted by Gasteiger charge is -2.37. The van der Waals surface area contributed by atoms with Gasteiger partial charge in [-0.25, -0.2) is 23.4 Å². The third-order valence-electron chi connectivity index (χ3n) is 5.38. The Labute approximate surface area is 174 Å². The summed E-state index contributed by atoms with van der Waals surface area (Å²) in [6.45, 7) is 12.3. The van der Waals surface area contributed by atoms with Crippen LogP contribution < -0.4 is 0 Å². The molecule has 1 aliphatic heterocycles. The Morgan fingerprint density at radius 2 is 2.07 bits per heavy atom. The number of halogens is 2. The first-order chi connectivity index (χ1) is 14.2.